The third kappa shape index (κ3) is 3.06. The van der Waals surface area contributed by atoms with Crippen molar-refractivity contribution in [1.29, 1.82) is 0 Å². The van der Waals surface area contributed by atoms with Crippen LogP contribution in [0.15, 0.2) is 42.7 Å². The Labute approximate surface area is 138 Å². The van der Waals surface area contributed by atoms with E-state index in [2.05, 4.69) is 25.2 Å². The molecule has 0 amide bonds. The highest BCUT2D eigenvalue weighted by atomic mass is 32.1. The van der Waals surface area contributed by atoms with Crippen LogP contribution in [0.25, 0.3) is 5.69 Å². The van der Waals surface area contributed by atoms with E-state index >= 15 is 0 Å². The van der Waals surface area contributed by atoms with E-state index in [1.807, 2.05) is 47.4 Å². The summed E-state index contributed by atoms with van der Waals surface area (Å²) < 4.78 is 2.37. The van der Waals surface area contributed by atoms with Crippen LogP contribution in [-0.2, 0) is 19.5 Å². The molecule has 1 aromatic carbocycles. The zero-order valence-corrected chi connectivity index (χ0v) is 13.3. The number of nitrogens with one attached hydrogen (secondary N) is 1. The van der Waals surface area contributed by atoms with Crippen molar-refractivity contribution in [1.82, 2.24) is 29.9 Å². The molecule has 0 saturated heterocycles. The van der Waals surface area contributed by atoms with Crippen LogP contribution < -0.4 is 0 Å². The van der Waals surface area contributed by atoms with E-state index in [0.29, 0.717) is 4.77 Å². The number of fused-ring (bicyclic) bond motifs is 1. The van der Waals surface area contributed by atoms with Crippen molar-refractivity contribution < 1.29 is 0 Å². The van der Waals surface area contributed by atoms with Crippen LogP contribution in [0.2, 0.25) is 0 Å². The summed E-state index contributed by atoms with van der Waals surface area (Å²) in [4.78, 5) is 9.71. The number of hydrogen-bond donors (Lipinski definition) is 1. The lowest BCUT2D eigenvalue weighted by atomic mass is 10.1. The average Bonchev–Trinajstić information content (AvgIpc) is 3.04. The Bertz CT molecular complexity index is 870. The molecule has 3 aromatic rings. The number of rotatable bonds is 3. The summed E-state index contributed by atoms with van der Waals surface area (Å²) in [5, 5.41) is 8.50. The molecule has 0 unspecified atom stereocenters. The molecule has 2 aromatic heterocycles. The fourth-order valence-electron chi connectivity index (χ4n) is 2.85. The third-order valence-corrected chi connectivity index (χ3v) is 4.21. The summed E-state index contributed by atoms with van der Waals surface area (Å²) in [6.45, 7) is 2.61. The molecule has 0 atom stereocenters. The van der Waals surface area contributed by atoms with Crippen molar-refractivity contribution in [2.75, 3.05) is 6.54 Å². The van der Waals surface area contributed by atoms with E-state index in [-0.39, 0.29) is 0 Å². The molecular weight excluding hydrogens is 308 g/mol. The Morgan fingerprint density at radius 1 is 1.22 bits per heavy atom. The Morgan fingerprint density at radius 2 is 2.09 bits per heavy atom. The van der Waals surface area contributed by atoms with Gasteiger partial charge in [0.05, 0.1) is 17.6 Å². The van der Waals surface area contributed by atoms with Crippen LogP contribution in [-0.4, -0.2) is 36.4 Å². The maximum atomic E-state index is 5.08. The Balaban J connectivity index is 1.48. The fraction of sp³-hybridized carbons (Fsp3) is 0.250. The Kier molecular flexibility index (Phi) is 3.72. The van der Waals surface area contributed by atoms with E-state index < -0.39 is 0 Å². The molecule has 1 aliphatic rings. The molecule has 7 heteroatoms. The zero-order valence-electron chi connectivity index (χ0n) is 12.5. The predicted molar refractivity (Wildman–Crippen MR) is 88.6 cm³/mol. The van der Waals surface area contributed by atoms with Gasteiger partial charge in [0, 0.05) is 43.5 Å². The van der Waals surface area contributed by atoms with E-state index in [0.717, 1.165) is 37.4 Å². The minimum Gasteiger partial charge on any atom is -0.334 e. The first-order valence-electron chi connectivity index (χ1n) is 7.54. The van der Waals surface area contributed by atoms with Crippen molar-refractivity contribution in [2.45, 2.75) is 19.5 Å². The van der Waals surface area contributed by atoms with E-state index in [4.69, 9.17) is 12.2 Å². The molecule has 1 N–H and O–H groups in total. The normalized spacial score (nSPS) is 14.6. The minimum absolute atomic E-state index is 0.558. The minimum atomic E-state index is 0.558. The first-order chi connectivity index (χ1) is 11.3. The molecule has 4 rings (SSSR count). The van der Waals surface area contributed by atoms with Crippen LogP contribution in [0.3, 0.4) is 0 Å². The van der Waals surface area contributed by atoms with Crippen LogP contribution in [0.1, 0.15) is 17.0 Å². The van der Waals surface area contributed by atoms with Gasteiger partial charge in [-0.15, -0.1) is 5.10 Å². The Morgan fingerprint density at radius 3 is 2.96 bits per heavy atom. The SMILES string of the molecule is S=c1ncc2c([nH]1)CCN(Cc1cn(-c3ccccc3)nn1)C2. The Hall–Kier alpha value is -2.38. The maximum absolute atomic E-state index is 5.08. The van der Waals surface area contributed by atoms with Crippen molar-refractivity contribution >= 4 is 12.2 Å². The molecule has 1 aliphatic heterocycles. The second kappa shape index (κ2) is 6.02. The van der Waals surface area contributed by atoms with Gasteiger partial charge in [0.15, 0.2) is 4.77 Å². The van der Waals surface area contributed by atoms with Gasteiger partial charge in [-0.1, -0.05) is 23.4 Å². The largest absolute Gasteiger partial charge is 0.334 e. The summed E-state index contributed by atoms with van der Waals surface area (Å²) in [6, 6.07) is 10.0. The summed E-state index contributed by atoms with van der Waals surface area (Å²) in [5.41, 5.74) is 4.40. The highest BCUT2D eigenvalue weighted by Gasteiger charge is 2.18. The molecule has 3 heterocycles. The number of nitrogens with zero attached hydrogens (tertiary/aromatic N) is 5. The van der Waals surface area contributed by atoms with E-state index in [9.17, 15) is 0 Å². The molecule has 0 spiro atoms. The standard InChI is InChI=1S/C16H16N6S/c23-16-17-8-12-9-21(7-6-15(12)18-16)10-13-11-22(20-19-13)14-4-2-1-3-5-14/h1-5,8,11H,6-7,9-10H2,(H,17,18,23). The maximum Gasteiger partial charge on any atom is 0.196 e. The van der Waals surface area contributed by atoms with Gasteiger partial charge in [-0.3, -0.25) is 4.90 Å². The van der Waals surface area contributed by atoms with Crippen LogP contribution in [0.5, 0.6) is 0 Å². The number of aromatic nitrogens is 5. The van der Waals surface area contributed by atoms with Crippen LogP contribution in [0.4, 0.5) is 0 Å². The van der Waals surface area contributed by atoms with Crippen molar-refractivity contribution in [3.63, 3.8) is 0 Å². The average molecular weight is 324 g/mol. The number of hydrogen-bond acceptors (Lipinski definition) is 5. The highest BCUT2D eigenvalue weighted by Crippen LogP contribution is 2.17. The second-order valence-corrected chi connectivity index (χ2v) is 6.03. The van der Waals surface area contributed by atoms with Gasteiger partial charge in [-0.2, -0.15) is 0 Å². The fourth-order valence-corrected chi connectivity index (χ4v) is 3.02. The van der Waals surface area contributed by atoms with Gasteiger partial charge in [-0.25, -0.2) is 9.67 Å². The molecular formula is C16H16N6S. The molecule has 0 aliphatic carbocycles. The van der Waals surface area contributed by atoms with Gasteiger partial charge >= 0.3 is 0 Å². The quantitative estimate of drug-likeness (QED) is 0.749. The van der Waals surface area contributed by atoms with Crippen LogP contribution in [0, 0.1) is 4.77 Å². The lowest BCUT2D eigenvalue weighted by Gasteiger charge is -2.27. The summed E-state index contributed by atoms with van der Waals surface area (Å²) in [6.07, 6.45) is 4.82. The summed E-state index contributed by atoms with van der Waals surface area (Å²) in [7, 11) is 0. The third-order valence-electron chi connectivity index (χ3n) is 4.00. The molecule has 23 heavy (non-hydrogen) atoms. The molecule has 6 nitrogen and oxygen atoms in total. The first-order valence-corrected chi connectivity index (χ1v) is 7.95. The van der Waals surface area contributed by atoms with E-state index in [1.54, 1.807) is 0 Å². The smallest absolute Gasteiger partial charge is 0.196 e. The molecule has 116 valence electrons. The van der Waals surface area contributed by atoms with Gasteiger partial charge in [-0.05, 0) is 24.4 Å². The molecule has 0 saturated carbocycles. The monoisotopic (exact) mass is 324 g/mol. The lowest BCUT2D eigenvalue weighted by Crippen LogP contribution is -2.31. The number of H-pyrrole nitrogens is 1. The van der Waals surface area contributed by atoms with Crippen LogP contribution >= 0.6 is 12.2 Å². The summed E-state index contributed by atoms with van der Waals surface area (Å²) >= 11 is 5.08. The first kappa shape index (κ1) is 14.2. The highest BCUT2D eigenvalue weighted by molar-refractivity contribution is 7.71. The lowest BCUT2D eigenvalue weighted by molar-refractivity contribution is 0.240. The van der Waals surface area contributed by atoms with Crippen molar-refractivity contribution in [3.05, 3.63) is 64.4 Å². The number of aromatic amines is 1. The molecule has 0 radical (unpaired) electrons. The van der Waals surface area contributed by atoms with Crippen molar-refractivity contribution in [3.8, 4) is 5.69 Å². The van der Waals surface area contributed by atoms with Gasteiger partial charge in [0.2, 0.25) is 0 Å². The summed E-state index contributed by atoms with van der Waals surface area (Å²) in [5.74, 6) is 0. The van der Waals surface area contributed by atoms with Gasteiger partial charge < -0.3 is 4.98 Å². The molecule has 0 fully saturated rings. The second-order valence-electron chi connectivity index (χ2n) is 5.64. The zero-order chi connectivity index (χ0) is 15.6. The van der Waals surface area contributed by atoms with Crippen molar-refractivity contribution in [2.24, 2.45) is 0 Å². The number of para-hydroxylation sites is 1. The van der Waals surface area contributed by atoms with Gasteiger partial charge in [0.1, 0.15) is 0 Å². The number of benzene rings is 1. The molecule has 0 bridgehead atoms. The van der Waals surface area contributed by atoms with Gasteiger partial charge in [0.25, 0.3) is 0 Å². The predicted octanol–water partition coefficient (Wildman–Crippen LogP) is 2.28. The topological polar surface area (TPSA) is 62.6 Å². The van der Waals surface area contributed by atoms with E-state index in [1.165, 1.54) is 11.3 Å².